The first kappa shape index (κ1) is 14.3. The van der Waals surface area contributed by atoms with Gasteiger partial charge in [0.15, 0.2) is 0 Å². The molecule has 0 aliphatic rings. The summed E-state index contributed by atoms with van der Waals surface area (Å²) in [5, 5.41) is 0.516. The number of thiophene rings is 1. The van der Waals surface area contributed by atoms with Gasteiger partial charge in [-0.3, -0.25) is 4.90 Å². The zero-order chi connectivity index (χ0) is 12.2. The number of nitrogens with zero attached hydrogens (tertiary/aromatic N) is 1. The highest BCUT2D eigenvalue weighted by Crippen LogP contribution is 2.24. The van der Waals surface area contributed by atoms with Crippen molar-refractivity contribution in [3.63, 3.8) is 0 Å². The molecule has 0 atom stereocenters. The smallest absolute Gasteiger partial charge is 0.289 e. The summed E-state index contributed by atoms with van der Waals surface area (Å²) in [4.78, 5) is 2.19. The largest absolute Gasteiger partial charge is 0.401 e. The van der Waals surface area contributed by atoms with Crippen molar-refractivity contribution in [2.75, 3.05) is 18.4 Å². The van der Waals surface area contributed by atoms with E-state index in [1.165, 1.54) is 16.2 Å². The Labute approximate surface area is 109 Å². The molecule has 0 radical (unpaired) electrons. The zero-order valence-corrected chi connectivity index (χ0v) is 11.4. The van der Waals surface area contributed by atoms with E-state index in [2.05, 4.69) is 15.9 Å². The maximum absolute atomic E-state index is 12.3. The quantitative estimate of drug-likeness (QED) is 0.730. The Morgan fingerprint density at radius 3 is 2.50 bits per heavy atom. The van der Waals surface area contributed by atoms with Crippen LogP contribution in [0, 0.1) is 0 Å². The summed E-state index contributed by atoms with van der Waals surface area (Å²) in [6.07, 6.45) is -4.16. The highest BCUT2D eigenvalue weighted by Gasteiger charge is 2.30. The molecule has 1 nitrogen and oxygen atoms in total. The summed E-state index contributed by atoms with van der Waals surface area (Å²) in [5.41, 5.74) is 0. The van der Waals surface area contributed by atoms with Gasteiger partial charge in [-0.1, -0.05) is 27.5 Å². The Morgan fingerprint density at radius 2 is 2.06 bits per heavy atom. The average Bonchev–Trinajstić information content (AvgIpc) is 2.48. The minimum absolute atomic E-state index is 0.280. The van der Waals surface area contributed by atoms with Crippen molar-refractivity contribution in [3.8, 4) is 0 Å². The van der Waals surface area contributed by atoms with Crippen LogP contribution in [0.1, 0.15) is 4.88 Å². The van der Waals surface area contributed by atoms with E-state index in [1.807, 2.05) is 0 Å². The van der Waals surface area contributed by atoms with E-state index < -0.39 is 12.7 Å². The van der Waals surface area contributed by atoms with Crippen LogP contribution in [0.25, 0.3) is 0 Å². The van der Waals surface area contributed by atoms with Crippen LogP contribution in [-0.4, -0.2) is 29.5 Å². The van der Waals surface area contributed by atoms with E-state index in [9.17, 15) is 13.2 Å². The van der Waals surface area contributed by atoms with Crippen LogP contribution in [0.3, 0.4) is 0 Å². The fourth-order valence-corrected chi connectivity index (χ4v) is 2.88. The van der Waals surface area contributed by atoms with Crippen LogP contribution >= 0.6 is 38.9 Å². The lowest BCUT2D eigenvalue weighted by Crippen LogP contribution is -2.34. The molecule has 0 spiro atoms. The monoisotopic (exact) mass is 335 g/mol. The fourth-order valence-electron chi connectivity index (χ4n) is 1.24. The van der Waals surface area contributed by atoms with E-state index in [-0.39, 0.29) is 6.54 Å². The van der Waals surface area contributed by atoms with Gasteiger partial charge in [0.1, 0.15) is 0 Å². The van der Waals surface area contributed by atoms with E-state index in [1.54, 1.807) is 12.1 Å². The Hall–Kier alpha value is 0.220. The molecule has 1 aromatic rings. The second kappa shape index (κ2) is 6.23. The van der Waals surface area contributed by atoms with Crippen LogP contribution in [0.4, 0.5) is 13.2 Å². The summed E-state index contributed by atoms with van der Waals surface area (Å²) >= 11 is 10.2. The van der Waals surface area contributed by atoms with Gasteiger partial charge in [-0.25, -0.2) is 0 Å². The fraction of sp³-hybridized carbons (Fsp3) is 0.556. The van der Waals surface area contributed by atoms with E-state index in [0.29, 0.717) is 16.2 Å². The Kier molecular flexibility index (Phi) is 5.56. The summed E-state index contributed by atoms with van der Waals surface area (Å²) in [5.74, 6) is 0. The topological polar surface area (TPSA) is 3.24 Å². The second-order valence-corrected chi connectivity index (χ2v) is 5.81. The highest BCUT2D eigenvalue weighted by molar-refractivity contribution is 9.09. The molecule has 0 saturated carbocycles. The number of rotatable bonds is 5. The first-order valence-electron chi connectivity index (χ1n) is 4.50. The normalized spacial score (nSPS) is 12.4. The number of hydrogen-bond donors (Lipinski definition) is 0. The molecule has 0 unspecified atom stereocenters. The van der Waals surface area contributed by atoms with Gasteiger partial charge in [0.2, 0.25) is 0 Å². The Balaban J connectivity index is 2.57. The molecule has 16 heavy (non-hydrogen) atoms. The van der Waals surface area contributed by atoms with Crippen LogP contribution in [0.2, 0.25) is 4.34 Å². The molecule has 1 heterocycles. The highest BCUT2D eigenvalue weighted by atomic mass is 79.9. The third kappa shape index (κ3) is 5.52. The molecule has 0 saturated heterocycles. The molecule has 0 bridgehead atoms. The molecule has 0 fully saturated rings. The lowest BCUT2D eigenvalue weighted by Gasteiger charge is -2.21. The third-order valence-electron chi connectivity index (χ3n) is 1.81. The Bertz CT molecular complexity index is 329. The van der Waals surface area contributed by atoms with E-state index >= 15 is 0 Å². The summed E-state index contributed by atoms with van der Waals surface area (Å²) in [6.45, 7) is -0.258. The summed E-state index contributed by atoms with van der Waals surface area (Å²) in [6, 6.07) is 3.45. The van der Waals surface area contributed by atoms with Gasteiger partial charge in [-0.05, 0) is 12.1 Å². The third-order valence-corrected chi connectivity index (χ3v) is 3.38. The predicted octanol–water partition coefficient (Wildman–Crippen LogP) is 4.16. The minimum Gasteiger partial charge on any atom is -0.289 e. The van der Waals surface area contributed by atoms with Crippen LogP contribution in [0.5, 0.6) is 0 Å². The van der Waals surface area contributed by atoms with Crippen molar-refractivity contribution in [2.45, 2.75) is 12.7 Å². The van der Waals surface area contributed by atoms with Gasteiger partial charge in [0.05, 0.1) is 10.9 Å². The van der Waals surface area contributed by atoms with Gasteiger partial charge in [0, 0.05) is 23.3 Å². The predicted molar refractivity (Wildman–Crippen MR) is 64.5 cm³/mol. The molecule has 0 aliphatic heterocycles. The molecule has 0 amide bonds. The molecule has 7 heteroatoms. The van der Waals surface area contributed by atoms with Gasteiger partial charge < -0.3 is 0 Å². The van der Waals surface area contributed by atoms with Crippen molar-refractivity contribution in [2.24, 2.45) is 0 Å². The number of alkyl halides is 4. The molecule has 0 N–H and O–H groups in total. The molecule has 0 aromatic carbocycles. The maximum atomic E-state index is 12.3. The van der Waals surface area contributed by atoms with Gasteiger partial charge in [-0.2, -0.15) is 13.2 Å². The molecule has 0 aliphatic carbocycles. The van der Waals surface area contributed by atoms with Gasteiger partial charge >= 0.3 is 6.18 Å². The maximum Gasteiger partial charge on any atom is 0.401 e. The molecule has 92 valence electrons. The van der Waals surface area contributed by atoms with Crippen molar-refractivity contribution in [3.05, 3.63) is 21.3 Å². The summed E-state index contributed by atoms with van der Waals surface area (Å²) < 4.78 is 37.4. The van der Waals surface area contributed by atoms with Crippen molar-refractivity contribution >= 4 is 38.9 Å². The number of halogens is 5. The van der Waals surface area contributed by atoms with Crippen LogP contribution in [0.15, 0.2) is 12.1 Å². The van der Waals surface area contributed by atoms with Crippen molar-refractivity contribution in [1.82, 2.24) is 4.90 Å². The first-order chi connectivity index (χ1) is 7.40. The minimum atomic E-state index is -4.16. The number of hydrogen-bond acceptors (Lipinski definition) is 2. The van der Waals surface area contributed by atoms with Crippen molar-refractivity contribution in [1.29, 1.82) is 0 Å². The summed E-state index contributed by atoms with van der Waals surface area (Å²) in [7, 11) is 0. The first-order valence-corrected chi connectivity index (χ1v) is 6.81. The molecule has 1 rings (SSSR count). The Morgan fingerprint density at radius 1 is 1.38 bits per heavy atom. The van der Waals surface area contributed by atoms with Crippen LogP contribution in [-0.2, 0) is 6.54 Å². The lowest BCUT2D eigenvalue weighted by atomic mass is 10.4. The molecular formula is C9H10BrClF3NS. The van der Waals surface area contributed by atoms with E-state index in [0.717, 1.165) is 4.88 Å². The molecule has 1 aromatic heterocycles. The lowest BCUT2D eigenvalue weighted by molar-refractivity contribution is -0.146. The van der Waals surface area contributed by atoms with Crippen LogP contribution < -0.4 is 0 Å². The van der Waals surface area contributed by atoms with Gasteiger partial charge in [-0.15, -0.1) is 11.3 Å². The standard InChI is InChI=1S/C9H10BrClF3NS/c10-3-4-15(6-9(12,13)14)5-7-1-2-8(11)16-7/h1-2H,3-6H2. The second-order valence-electron chi connectivity index (χ2n) is 3.22. The molecular weight excluding hydrogens is 327 g/mol. The van der Waals surface area contributed by atoms with Gasteiger partial charge in [0.25, 0.3) is 0 Å². The van der Waals surface area contributed by atoms with E-state index in [4.69, 9.17) is 11.6 Å². The van der Waals surface area contributed by atoms with Crippen molar-refractivity contribution < 1.29 is 13.2 Å². The SMILES string of the molecule is FC(F)(F)CN(CCBr)Cc1ccc(Cl)s1. The zero-order valence-electron chi connectivity index (χ0n) is 8.23. The average molecular weight is 337 g/mol.